The summed E-state index contributed by atoms with van der Waals surface area (Å²) in [7, 11) is 2.49. The standard InChI is InChI=1S/C11H22B/c1-4-5-6-7-8-9-11(3)10(2)12-11/h10H,4-9H2,1-3H3. The molecule has 0 N–H and O–H groups in total. The highest BCUT2D eigenvalue weighted by atomic mass is 14.3. The van der Waals surface area contributed by atoms with E-state index < -0.39 is 0 Å². The third-order valence-electron chi connectivity index (χ3n) is 3.38. The van der Waals surface area contributed by atoms with Gasteiger partial charge in [0.05, 0.1) is 0 Å². The maximum Gasteiger partial charge on any atom is 0.120 e. The van der Waals surface area contributed by atoms with Gasteiger partial charge in [0.25, 0.3) is 0 Å². The molecule has 1 aliphatic rings. The van der Waals surface area contributed by atoms with Crippen molar-refractivity contribution < 1.29 is 0 Å². The molecule has 1 rings (SSSR count). The van der Waals surface area contributed by atoms with Crippen LogP contribution in [0.4, 0.5) is 0 Å². The lowest BCUT2D eigenvalue weighted by Gasteiger charge is -2.09. The second-order valence-electron chi connectivity index (χ2n) is 4.63. The number of hydrogen-bond donors (Lipinski definition) is 0. The zero-order valence-corrected chi connectivity index (χ0v) is 8.90. The highest BCUT2D eigenvalue weighted by molar-refractivity contribution is 6.56. The van der Waals surface area contributed by atoms with Crippen molar-refractivity contribution >= 4 is 7.28 Å². The van der Waals surface area contributed by atoms with Gasteiger partial charge in [-0.05, 0) is 0 Å². The van der Waals surface area contributed by atoms with Crippen LogP contribution >= 0.6 is 0 Å². The van der Waals surface area contributed by atoms with E-state index in [0.717, 1.165) is 5.82 Å². The molecule has 0 bridgehead atoms. The molecule has 1 radical (unpaired) electrons. The van der Waals surface area contributed by atoms with Gasteiger partial charge in [-0.25, -0.2) is 0 Å². The lowest BCUT2D eigenvalue weighted by molar-refractivity contribution is 0.546. The van der Waals surface area contributed by atoms with Crippen LogP contribution in [0.1, 0.15) is 59.3 Å². The van der Waals surface area contributed by atoms with Gasteiger partial charge in [0, 0.05) is 0 Å². The highest BCUT2D eigenvalue weighted by Crippen LogP contribution is 2.59. The Morgan fingerprint density at radius 2 is 1.75 bits per heavy atom. The van der Waals surface area contributed by atoms with Crippen LogP contribution in [0.15, 0.2) is 0 Å². The van der Waals surface area contributed by atoms with E-state index in [-0.39, 0.29) is 0 Å². The van der Waals surface area contributed by atoms with Gasteiger partial charge in [0.2, 0.25) is 0 Å². The predicted octanol–water partition coefficient (Wildman–Crippen LogP) is 4.05. The normalized spacial score (nSPS) is 33.1. The van der Waals surface area contributed by atoms with Gasteiger partial charge < -0.3 is 0 Å². The maximum atomic E-state index is 2.49. The summed E-state index contributed by atoms with van der Waals surface area (Å²) in [5, 5.41) is 0.631. The Morgan fingerprint density at radius 1 is 1.17 bits per heavy atom. The minimum atomic E-state index is 0.631. The van der Waals surface area contributed by atoms with Crippen LogP contribution in [-0.2, 0) is 0 Å². The smallest absolute Gasteiger partial charge is 0.0727 e. The first kappa shape index (κ1) is 10.1. The third kappa shape index (κ3) is 2.84. The molecule has 1 heterocycles. The molecule has 0 aliphatic carbocycles. The van der Waals surface area contributed by atoms with Crippen LogP contribution in [0.3, 0.4) is 0 Å². The third-order valence-corrected chi connectivity index (χ3v) is 3.38. The average Bonchev–Trinajstić information content (AvgIpc) is 2.60. The minimum Gasteiger partial charge on any atom is -0.0727 e. The maximum absolute atomic E-state index is 2.49. The molecule has 0 spiro atoms. The molecule has 0 nitrogen and oxygen atoms in total. The summed E-state index contributed by atoms with van der Waals surface area (Å²) in [5.41, 5.74) is 0. The van der Waals surface area contributed by atoms with Crippen molar-refractivity contribution in [1.82, 2.24) is 0 Å². The molecule has 1 fully saturated rings. The fourth-order valence-corrected chi connectivity index (χ4v) is 1.94. The minimum absolute atomic E-state index is 0.631. The summed E-state index contributed by atoms with van der Waals surface area (Å²) in [4.78, 5) is 0. The van der Waals surface area contributed by atoms with Crippen molar-refractivity contribution in [2.75, 3.05) is 0 Å². The second-order valence-corrected chi connectivity index (χ2v) is 4.63. The monoisotopic (exact) mass is 165 g/mol. The van der Waals surface area contributed by atoms with Gasteiger partial charge in [0.1, 0.15) is 7.28 Å². The fourth-order valence-electron chi connectivity index (χ4n) is 1.94. The van der Waals surface area contributed by atoms with E-state index in [0.29, 0.717) is 5.31 Å². The Balaban J connectivity index is 1.90. The zero-order valence-electron chi connectivity index (χ0n) is 8.90. The number of rotatable bonds is 6. The van der Waals surface area contributed by atoms with E-state index in [1.165, 1.54) is 38.5 Å². The van der Waals surface area contributed by atoms with Crippen molar-refractivity contribution in [2.24, 2.45) is 0 Å². The quantitative estimate of drug-likeness (QED) is 0.411. The Kier molecular flexibility index (Phi) is 3.67. The van der Waals surface area contributed by atoms with Crippen LogP contribution in [0, 0.1) is 0 Å². The van der Waals surface area contributed by atoms with Gasteiger partial charge in [-0.3, -0.25) is 0 Å². The van der Waals surface area contributed by atoms with Crippen LogP contribution in [0.5, 0.6) is 0 Å². The predicted molar refractivity (Wildman–Crippen MR) is 56.9 cm³/mol. The summed E-state index contributed by atoms with van der Waals surface area (Å²) in [5.74, 6) is 0.892. The van der Waals surface area contributed by atoms with E-state index in [2.05, 4.69) is 28.1 Å². The summed E-state index contributed by atoms with van der Waals surface area (Å²) < 4.78 is 0. The summed E-state index contributed by atoms with van der Waals surface area (Å²) >= 11 is 0. The molecule has 2 unspecified atom stereocenters. The topological polar surface area (TPSA) is 0 Å². The molecule has 1 saturated heterocycles. The van der Waals surface area contributed by atoms with E-state index in [4.69, 9.17) is 0 Å². The molecule has 0 aromatic heterocycles. The largest absolute Gasteiger partial charge is 0.120 e. The molecule has 1 aliphatic heterocycles. The zero-order chi connectivity index (χ0) is 9.03. The van der Waals surface area contributed by atoms with Crippen molar-refractivity contribution in [3.63, 3.8) is 0 Å². The lowest BCUT2D eigenvalue weighted by atomic mass is 9.85. The second kappa shape index (κ2) is 4.34. The van der Waals surface area contributed by atoms with E-state index in [9.17, 15) is 0 Å². The molecular formula is C11H22B. The molecule has 69 valence electrons. The highest BCUT2D eigenvalue weighted by Gasteiger charge is 2.46. The molecular weight excluding hydrogens is 143 g/mol. The van der Waals surface area contributed by atoms with E-state index in [1.54, 1.807) is 0 Å². The van der Waals surface area contributed by atoms with E-state index in [1.807, 2.05) is 0 Å². The lowest BCUT2D eigenvalue weighted by Crippen LogP contribution is -1.88. The first-order valence-electron chi connectivity index (χ1n) is 5.55. The Morgan fingerprint density at radius 3 is 2.25 bits per heavy atom. The van der Waals surface area contributed by atoms with Crippen molar-refractivity contribution in [3.05, 3.63) is 0 Å². The van der Waals surface area contributed by atoms with Crippen molar-refractivity contribution in [1.29, 1.82) is 0 Å². The van der Waals surface area contributed by atoms with E-state index >= 15 is 0 Å². The van der Waals surface area contributed by atoms with Gasteiger partial charge in [-0.15, -0.1) is 0 Å². The van der Waals surface area contributed by atoms with Crippen molar-refractivity contribution in [2.45, 2.75) is 70.4 Å². The van der Waals surface area contributed by atoms with Gasteiger partial charge in [-0.2, -0.15) is 0 Å². The Hall–Kier alpha value is 0.0649. The molecule has 12 heavy (non-hydrogen) atoms. The number of unbranched alkanes of at least 4 members (excludes halogenated alkanes) is 4. The van der Waals surface area contributed by atoms with Crippen molar-refractivity contribution in [3.8, 4) is 0 Å². The van der Waals surface area contributed by atoms with Crippen LogP contribution in [-0.4, -0.2) is 7.28 Å². The molecule has 0 amide bonds. The summed E-state index contributed by atoms with van der Waals surface area (Å²) in [6.45, 7) is 7.02. The van der Waals surface area contributed by atoms with Crippen LogP contribution in [0.25, 0.3) is 0 Å². The molecule has 0 aromatic rings. The molecule has 2 atom stereocenters. The first-order valence-corrected chi connectivity index (χ1v) is 5.55. The Bertz CT molecular complexity index is 133. The van der Waals surface area contributed by atoms with Gasteiger partial charge >= 0.3 is 0 Å². The molecule has 1 heteroatoms. The molecule has 0 saturated carbocycles. The fraction of sp³-hybridized carbons (Fsp3) is 1.00. The number of hydrogen-bond acceptors (Lipinski definition) is 0. The van der Waals surface area contributed by atoms with Gasteiger partial charge in [0.15, 0.2) is 0 Å². The van der Waals surface area contributed by atoms with Crippen LogP contribution < -0.4 is 0 Å². The summed E-state index contributed by atoms with van der Waals surface area (Å²) in [6.07, 6.45) is 8.55. The molecule has 0 aromatic carbocycles. The van der Waals surface area contributed by atoms with Gasteiger partial charge in [-0.1, -0.05) is 70.4 Å². The average molecular weight is 165 g/mol. The Labute approximate surface area is 78.4 Å². The summed E-state index contributed by atoms with van der Waals surface area (Å²) in [6, 6.07) is 0. The van der Waals surface area contributed by atoms with Crippen LogP contribution in [0.2, 0.25) is 11.1 Å². The first-order chi connectivity index (χ1) is 5.69. The SMILES string of the molecule is CCCCCCCC1(C)[B]C1C.